The van der Waals surface area contributed by atoms with E-state index in [1.54, 1.807) is 6.07 Å². The number of aromatic nitrogens is 3. The van der Waals surface area contributed by atoms with Crippen LogP contribution < -0.4 is 5.56 Å². The summed E-state index contributed by atoms with van der Waals surface area (Å²) >= 11 is 1.52. The summed E-state index contributed by atoms with van der Waals surface area (Å²) in [4.78, 5) is 21.3. The first-order valence-electron chi connectivity index (χ1n) is 7.16. The summed E-state index contributed by atoms with van der Waals surface area (Å²) in [6.07, 6.45) is 9.93. The Hall–Kier alpha value is -1.36. The lowest BCUT2D eigenvalue weighted by molar-refractivity contribution is 0.357. The van der Waals surface area contributed by atoms with Gasteiger partial charge in [-0.15, -0.1) is 0 Å². The van der Waals surface area contributed by atoms with E-state index in [1.807, 2.05) is 23.1 Å². The van der Waals surface area contributed by atoms with Crippen molar-refractivity contribution in [1.82, 2.24) is 14.5 Å². The molecule has 1 spiro atoms. The average molecular weight is 287 g/mol. The molecule has 2 saturated carbocycles. The number of hydrogen-bond acceptors (Lipinski definition) is 4. The van der Waals surface area contributed by atoms with Gasteiger partial charge in [0.1, 0.15) is 5.65 Å². The Bertz CT molecular complexity index is 735. The van der Waals surface area contributed by atoms with E-state index in [1.165, 1.54) is 37.4 Å². The number of fused-ring (bicyclic) bond motifs is 1. The molecule has 0 amide bonds. The van der Waals surface area contributed by atoms with Gasteiger partial charge in [0.25, 0.3) is 5.56 Å². The van der Waals surface area contributed by atoms with Crippen molar-refractivity contribution >= 4 is 22.8 Å². The van der Waals surface area contributed by atoms with Gasteiger partial charge in [-0.3, -0.25) is 9.36 Å². The van der Waals surface area contributed by atoms with Gasteiger partial charge in [-0.1, -0.05) is 18.2 Å². The number of rotatable bonds is 2. The molecule has 5 heteroatoms. The number of hydrogen-bond donors (Lipinski definition) is 0. The predicted octanol–water partition coefficient (Wildman–Crippen LogP) is 3.02. The van der Waals surface area contributed by atoms with Crippen molar-refractivity contribution < 1.29 is 0 Å². The largest absolute Gasteiger partial charge is 0.289 e. The molecule has 0 aromatic carbocycles. The minimum Gasteiger partial charge on any atom is -0.289 e. The van der Waals surface area contributed by atoms with Crippen LogP contribution in [-0.2, 0) is 0 Å². The van der Waals surface area contributed by atoms with Gasteiger partial charge in [0.15, 0.2) is 5.16 Å². The Morgan fingerprint density at radius 3 is 2.95 bits per heavy atom. The number of thioether (sulfide) groups is 1. The molecule has 0 saturated heterocycles. The molecular weight excluding hydrogens is 270 g/mol. The van der Waals surface area contributed by atoms with Crippen LogP contribution in [0.5, 0.6) is 0 Å². The third-order valence-corrected chi connectivity index (χ3v) is 5.45. The van der Waals surface area contributed by atoms with Gasteiger partial charge in [0.05, 0.1) is 0 Å². The van der Waals surface area contributed by atoms with Crippen LogP contribution >= 0.6 is 11.8 Å². The lowest BCUT2D eigenvalue weighted by atomic mass is 10.00. The van der Waals surface area contributed by atoms with Crippen LogP contribution in [0.2, 0.25) is 0 Å². The van der Waals surface area contributed by atoms with Crippen LogP contribution in [0.15, 0.2) is 28.3 Å². The highest BCUT2D eigenvalue weighted by Crippen LogP contribution is 2.63. The van der Waals surface area contributed by atoms with Crippen molar-refractivity contribution in [2.45, 2.75) is 43.3 Å². The van der Waals surface area contributed by atoms with Crippen molar-refractivity contribution in [3.05, 3.63) is 28.7 Å². The monoisotopic (exact) mass is 287 g/mol. The highest BCUT2D eigenvalue weighted by molar-refractivity contribution is 7.98. The molecule has 4 nitrogen and oxygen atoms in total. The first-order valence-corrected chi connectivity index (χ1v) is 8.38. The second-order valence-corrected chi connectivity index (χ2v) is 6.72. The molecule has 2 fully saturated rings. The van der Waals surface area contributed by atoms with Crippen LogP contribution in [-0.4, -0.2) is 20.8 Å². The fourth-order valence-corrected chi connectivity index (χ4v) is 4.03. The van der Waals surface area contributed by atoms with E-state index in [0.29, 0.717) is 11.5 Å². The lowest BCUT2D eigenvalue weighted by Gasteiger charge is -2.22. The van der Waals surface area contributed by atoms with Crippen molar-refractivity contribution in [1.29, 1.82) is 0 Å². The minimum atomic E-state index is 0.0847. The smallest absolute Gasteiger partial charge is 0.252 e. The van der Waals surface area contributed by atoms with E-state index in [-0.39, 0.29) is 5.56 Å². The Morgan fingerprint density at radius 1 is 1.35 bits per heavy atom. The van der Waals surface area contributed by atoms with Gasteiger partial charge >= 0.3 is 0 Å². The second kappa shape index (κ2) is 4.32. The zero-order valence-electron chi connectivity index (χ0n) is 11.5. The molecule has 1 atom stereocenters. The fourth-order valence-electron chi connectivity index (χ4n) is 3.69. The summed E-state index contributed by atoms with van der Waals surface area (Å²) in [5.74, 6) is 0. The maximum absolute atomic E-state index is 12.4. The van der Waals surface area contributed by atoms with E-state index in [4.69, 9.17) is 0 Å². The van der Waals surface area contributed by atoms with Gasteiger partial charge in [-0.05, 0) is 43.4 Å². The maximum Gasteiger partial charge on any atom is 0.252 e. The third-order valence-electron chi connectivity index (χ3n) is 4.89. The number of pyridine rings is 1. The van der Waals surface area contributed by atoms with Crippen molar-refractivity contribution in [3.63, 3.8) is 0 Å². The molecule has 0 aliphatic heterocycles. The van der Waals surface area contributed by atoms with Crippen LogP contribution in [0.3, 0.4) is 0 Å². The molecule has 20 heavy (non-hydrogen) atoms. The Morgan fingerprint density at radius 2 is 2.20 bits per heavy atom. The van der Waals surface area contributed by atoms with Crippen molar-refractivity contribution in [2.75, 3.05) is 6.26 Å². The van der Waals surface area contributed by atoms with Gasteiger partial charge in [0, 0.05) is 23.7 Å². The minimum absolute atomic E-state index is 0.0847. The second-order valence-electron chi connectivity index (χ2n) is 5.95. The normalized spacial score (nSPS) is 23.6. The van der Waals surface area contributed by atoms with Gasteiger partial charge in [-0.2, -0.15) is 0 Å². The molecule has 2 aliphatic rings. The summed E-state index contributed by atoms with van der Waals surface area (Å²) in [5, 5.41) is 1.70. The molecule has 4 rings (SSSR count). The van der Waals surface area contributed by atoms with Crippen molar-refractivity contribution in [2.24, 2.45) is 5.41 Å². The highest BCUT2D eigenvalue weighted by Gasteiger charge is 2.53. The Kier molecular flexibility index (Phi) is 2.67. The first-order chi connectivity index (χ1) is 9.73. The molecule has 0 radical (unpaired) electrons. The molecular formula is C15H17N3OS. The van der Waals surface area contributed by atoms with Gasteiger partial charge in [-0.25, -0.2) is 9.97 Å². The van der Waals surface area contributed by atoms with E-state index in [9.17, 15) is 4.79 Å². The fraction of sp³-hybridized carbons (Fsp3) is 0.533. The van der Waals surface area contributed by atoms with E-state index in [2.05, 4.69) is 9.97 Å². The topological polar surface area (TPSA) is 47.8 Å². The van der Waals surface area contributed by atoms with Gasteiger partial charge in [0.2, 0.25) is 0 Å². The van der Waals surface area contributed by atoms with Crippen LogP contribution in [0.1, 0.15) is 38.1 Å². The molecule has 2 heterocycles. The Balaban J connectivity index is 1.97. The maximum atomic E-state index is 12.4. The van der Waals surface area contributed by atoms with E-state index >= 15 is 0 Å². The zero-order valence-corrected chi connectivity index (χ0v) is 12.3. The molecule has 104 valence electrons. The Labute approximate surface area is 121 Å². The van der Waals surface area contributed by atoms with E-state index in [0.717, 1.165) is 22.6 Å². The van der Waals surface area contributed by atoms with Crippen molar-refractivity contribution in [3.8, 4) is 0 Å². The number of nitrogens with zero attached hydrogens (tertiary/aromatic N) is 3. The highest BCUT2D eigenvalue weighted by atomic mass is 32.2. The first kappa shape index (κ1) is 12.4. The SMILES string of the molecule is CSc1ncc2ccc(=O)n(C3CCCC34CC4)c2n1. The quantitative estimate of drug-likeness (QED) is 0.629. The summed E-state index contributed by atoms with van der Waals surface area (Å²) < 4.78 is 1.96. The zero-order chi connectivity index (χ0) is 13.7. The summed E-state index contributed by atoms with van der Waals surface area (Å²) in [6.45, 7) is 0. The summed E-state index contributed by atoms with van der Waals surface area (Å²) in [5.41, 5.74) is 1.29. The molecule has 0 N–H and O–H groups in total. The van der Waals surface area contributed by atoms with Crippen LogP contribution in [0.4, 0.5) is 0 Å². The molecule has 2 aliphatic carbocycles. The molecule has 2 aromatic heterocycles. The van der Waals surface area contributed by atoms with Gasteiger partial charge < -0.3 is 0 Å². The van der Waals surface area contributed by atoms with E-state index < -0.39 is 0 Å². The van der Waals surface area contributed by atoms with Crippen LogP contribution in [0, 0.1) is 5.41 Å². The molecule has 2 aromatic rings. The standard InChI is InChI=1S/C15H17N3OS/c1-20-14-16-9-10-4-5-12(19)18(13(10)17-14)11-3-2-6-15(11)7-8-15/h4-5,9,11H,2-3,6-8H2,1H3. The predicted molar refractivity (Wildman–Crippen MR) is 80.1 cm³/mol. The van der Waals surface area contributed by atoms with Crippen LogP contribution in [0.25, 0.3) is 11.0 Å². The lowest BCUT2D eigenvalue weighted by Crippen LogP contribution is -2.28. The average Bonchev–Trinajstić information content (AvgIpc) is 3.13. The molecule has 1 unspecified atom stereocenters. The third kappa shape index (κ3) is 1.72. The molecule has 0 bridgehead atoms. The summed E-state index contributed by atoms with van der Waals surface area (Å²) in [6, 6.07) is 3.84. The summed E-state index contributed by atoms with van der Waals surface area (Å²) in [7, 11) is 0.